The Morgan fingerprint density at radius 3 is 2.28 bits per heavy atom. The van der Waals surface area contributed by atoms with Crippen LogP contribution in [0.5, 0.6) is 0 Å². The van der Waals surface area contributed by atoms with Gasteiger partial charge >= 0.3 is 12.0 Å². The summed E-state index contributed by atoms with van der Waals surface area (Å²) in [6, 6.07) is -0.174. The summed E-state index contributed by atoms with van der Waals surface area (Å²) >= 11 is 0. The molecule has 0 radical (unpaired) electrons. The molecular formula is C13H26N2O3. The molecule has 0 aromatic rings. The molecule has 0 rings (SSSR count). The van der Waals surface area contributed by atoms with E-state index >= 15 is 0 Å². The van der Waals surface area contributed by atoms with Crippen LogP contribution in [0.3, 0.4) is 0 Å². The average Bonchev–Trinajstić information content (AvgIpc) is 2.36. The van der Waals surface area contributed by atoms with Gasteiger partial charge in [0.25, 0.3) is 0 Å². The van der Waals surface area contributed by atoms with Gasteiger partial charge in [0.15, 0.2) is 0 Å². The van der Waals surface area contributed by atoms with Crippen molar-refractivity contribution in [3.05, 3.63) is 0 Å². The van der Waals surface area contributed by atoms with E-state index in [1.807, 2.05) is 13.8 Å². The normalized spacial score (nSPS) is 13.8. The van der Waals surface area contributed by atoms with Gasteiger partial charge in [-0.1, -0.05) is 20.3 Å². The largest absolute Gasteiger partial charge is 0.481 e. The Balaban J connectivity index is 4.33. The number of carboxylic acid groups (broad SMARTS) is 1. The number of carboxylic acids is 1. The van der Waals surface area contributed by atoms with E-state index in [1.165, 1.54) is 0 Å². The molecule has 0 aliphatic heterocycles. The minimum absolute atomic E-state index is 0.167. The number of hydrogen-bond acceptors (Lipinski definition) is 2. The van der Waals surface area contributed by atoms with Crippen molar-refractivity contribution >= 4 is 12.0 Å². The monoisotopic (exact) mass is 258 g/mol. The molecule has 1 unspecified atom stereocenters. The number of carbonyl (C=O) groups excluding carboxylic acids is 1. The van der Waals surface area contributed by atoms with E-state index in [-0.39, 0.29) is 12.6 Å². The fraction of sp³-hybridized carbons (Fsp3) is 0.846. The summed E-state index contributed by atoms with van der Waals surface area (Å²) in [6.45, 7) is 8.99. The average molecular weight is 258 g/mol. The van der Waals surface area contributed by atoms with Crippen molar-refractivity contribution in [3.63, 3.8) is 0 Å². The van der Waals surface area contributed by atoms with Crippen LogP contribution in [0.1, 0.15) is 47.0 Å². The van der Waals surface area contributed by atoms with Gasteiger partial charge in [0, 0.05) is 19.6 Å². The maximum atomic E-state index is 11.9. The van der Waals surface area contributed by atoms with Crippen molar-refractivity contribution in [2.24, 2.45) is 5.41 Å². The van der Waals surface area contributed by atoms with Crippen LogP contribution in [0.15, 0.2) is 0 Å². The Hall–Kier alpha value is -1.26. The van der Waals surface area contributed by atoms with E-state index < -0.39 is 11.4 Å². The molecule has 0 spiro atoms. The maximum absolute atomic E-state index is 11.9. The third-order valence-corrected chi connectivity index (χ3v) is 3.38. The zero-order chi connectivity index (χ0) is 14.2. The molecule has 0 fully saturated rings. The number of carbonyl (C=O) groups is 2. The zero-order valence-electron chi connectivity index (χ0n) is 12.0. The van der Waals surface area contributed by atoms with Crippen LogP contribution in [0.4, 0.5) is 4.79 Å². The standard InChI is InChI=1S/C13H26N2O3/c1-5-8-9-15(7-3)12(18)14-10-13(4,6-2)11(16)17/h5-10H2,1-4H3,(H,14,18)(H,16,17). The van der Waals surface area contributed by atoms with Gasteiger partial charge in [-0.05, 0) is 26.7 Å². The topological polar surface area (TPSA) is 69.6 Å². The first-order valence-electron chi connectivity index (χ1n) is 6.67. The highest BCUT2D eigenvalue weighted by Gasteiger charge is 2.31. The SMILES string of the molecule is CCCCN(CC)C(=O)NCC(C)(CC)C(=O)O. The fourth-order valence-corrected chi connectivity index (χ4v) is 1.49. The van der Waals surface area contributed by atoms with Crippen LogP contribution >= 0.6 is 0 Å². The molecular weight excluding hydrogens is 232 g/mol. The maximum Gasteiger partial charge on any atom is 0.317 e. The van der Waals surface area contributed by atoms with E-state index in [9.17, 15) is 9.59 Å². The first-order valence-corrected chi connectivity index (χ1v) is 6.67. The summed E-state index contributed by atoms with van der Waals surface area (Å²) in [5.74, 6) is -0.873. The number of hydrogen-bond donors (Lipinski definition) is 2. The Labute approximate surface area is 110 Å². The number of urea groups is 1. The van der Waals surface area contributed by atoms with Crippen LogP contribution in [-0.4, -0.2) is 41.6 Å². The number of rotatable bonds is 8. The fourth-order valence-electron chi connectivity index (χ4n) is 1.49. The molecule has 106 valence electrons. The summed E-state index contributed by atoms with van der Waals surface area (Å²) < 4.78 is 0. The van der Waals surface area contributed by atoms with Gasteiger partial charge in [-0.3, -0.25) is 4.79 Å². The molecule has 0 aliphatic rings. The Morgan fingerprint density at radius 1 is 1.28 bits per heavy atom. The molecule has 0 aromatic heterocycles. The van der Waals surface area contributed by atoms with E-state index in [0.29, 0.717) is 13.0 Å². The number of amides is 2. The summed E-state index contributed by atoms with van der Waals surface area (Å²) in [6.07, 6.45) is 2.49. The quantitative estimate of drug-likeness (QED) is 0.702. The molecule has 0 aromatic carbocycles. The van der Waals surface area contributed by atoms with Crippen LogP contribution in [0.2, 0.25) is 0 Å². The molecule has 2 amide bonds. The molecule has 0 saturated carbocycles. The predicted molar refractivity (Wildman–Crippen MR) is 71.6 cm³/mol. The van der Waals surface area contributed by atoms with Gasteiger partial charge in [-0.15, -0.1) is 0 Å². The van der Waals surface area contributed by atoms with Gasteiger partial charge in [-0.25, -0.2) is 4.79 Å². The van der Waals surface area contributed by atoms with Crippen molar-refractivity contribution in [2.75, 3.05) is 19.6 Å². The highest BCUT2D eigenvalue weighted by atomic mass is 16.4. The number of aliphatic carboxylic acids is 1. The van der Waals surface area contributed by atoms with Crippen molar-refractivity contribution in [2.45, 2.75) is 47.0 Å². The lowest BCUT2D eigenvalue weighted by Crippen LogP contribution is -2.46. The number of nitrogens with zero attached hydrogens (tertiary/aromatic N) is 1. The minimum Gasteiger partial charge on any atom is -0.481 e. The number of nitrogens with one attached hydrogen (secondary N) is 1. The van der Waals surface area contributed by atoms with Crippen LogP contribution < -0.4 is 5.32 Å². The van der Waals surface area contributed by atoms with Gasteiger partial charge < -0.3 is 15.3 Å². The van der Waals surface area contributed by atoms with E-state index in [0.717, 1.165) is 19.4 Å². The Morgan fingerprint density at radius 2 is 1.89 bits per heavy atom. The van der Waals surface area contributed by atoms with Crippen molar-refractivity contribution in [3.8, 4) is 0 Å². The second kappa shape index (κ2) is 7.95. The van der Waals surface area contributed by atoms with E-state index in [1.54, 1.807) is 11.8 Å². The molecule has 5 nitrogen and oxygen atoms in total. The molecule has 0 bridgehead atoms. The third kappa shape index (κ3) is 4.94. The number of unbranched alkanes of at least 4 members (excludes halogenated alkanes) is 1. The van der Waals surface area contributed by atoms with E-state index in [2.05, 4.69) is 12.2 Å². The molecule has 18 heavy (non-hydrogen) atoms. The summed E-state index contributed by atoms with van der Waals surface area (Å²) in [5.41, 5.74) is -0.889. The molecule has 0 aliphatic carbocycles. The molecule has 5 heteroatoms. The molecule has 1 atom stereocenters. The Bertz CT molecular complexity index is 281. The summed E-state index contributed by atoms with van der Waals surface area (Å²) in [7, 11) is 0. The second-order valence-electron chi connectivity index (χ2n) is 4.81. The van der Waals surface area contributed by atoms with Gasteiger partial charge in [-0.2, -0.15) is 0 Å². The minimum atomic E-state index is -0.889. The summed E-state index contributed by atoms with van der Waals surface area (Å²) in [5, 5.41) is 11.8. The van der Waals surface area contributed by atoms with Gasteiger partial charge in [0.2, 0.25) is 0 Å². The predicted octanol–water partition coefficient (Wildman–Crippen LogP) is 2.32. The van der Waals surface area contributed by atoms with Gasteiger partial charge in [0.05, 0.1) is 5.41 Å². The lowest BCUT2D eigenvalue weighted by atomic mass is 9.88. The summed E-state index contributed by atoms with van der Waals surface area (Å²) in [4.78, 5) is 24.7. The van der Waals surface area contributed by atoms with Crippen molar-refractivity contribution < 1.29 is 14.7 Å². The lowest BCUT2D eigenvalue weighted by Gasteiger charge is -2.26. The van der Waals surface area contributed by atoms with Crippen LogP contribution in [0.25, 0.3) is 0 Å². The lowest BCUT2D eigenvalue weighted by molar-refractivity contribution is -0.147. The van der Waals surface area contributed by atoms with Crippen LogP contribution in [0, 0.1) is 5.41 Å². The highest BCUT2D eigenvalue weighted by molar-refractivity contribution is 5.77. The first-order chi connectivity index (χ1) is 8.41. The van der Waals surface area contributed by atoms with Crippen molar-refractivity contribution in [1.29, 1.82) is 0 Å². The second-order valence-corrected chi connectivity index (χ2v) is 4.81. The third-order valence-electron chi connectivity index (χ3n) is 3.38. The van der Waals surface area contributed by atoms with Crippen LogP contribution in [-0.2, 0) is 4.79 Å². The molecule has 0 heterocycles. The zero-order valence-corrected chi connectivity index (χ0v) is 12.0. The first kappa shape index (κ1) is 16.7. The Kier molecular flexibility index (Phi) is 7.39. The van der Waals surface area contributed by atoms with Crippen molar-refractivity contribution in [1.82, 2.24) is 10.2 Å². The molecule has 0 saturated heterocycles. The molecule has 2 N–H and O–H groups in total. The highest BCUT2D eigenvalue weighted by Crippen LogP contribution is 2.19. The smallest absolute Gasteiger partial charge is 0.317 e. The van der Waals surface area contributed by atoms with Gasteiger partial charge in [0.1, 0.15) is 0 Å². The van der Waals surface area contributed by atoms with E-state index in [4.69, 9.17) is 5.11 Å².